The first-order valence-electron chi connectivity index (χ1n) is 7.27. The number of anilines is 1. The molecule has 0 heterocycles. The van der Waals surface area contributed by atoms with Gasteiger partial charge >= 0.3 is 0 Å². The second-order valence-corrected chi connectivity index (χ2v) is 5.75. The van der Waals surface area contributed by atoms with E-state index in [2.05, 4.69) is 36.3 Å². The van der Waals surface area contributed by atoms with Crippen LogP contribution >= 0.6 is 0 Å². The highest BCUT2D eigenvalue weighted by molar-refractivity contribution is 5.92. The molecule has 3 heteroatoms. The Balaban J connectivity index is 1.93. The number of aliphatic imine (C=N–C) groups is 1. The molecule has 0 saturated heterocycles. The van der Waals surface area contributed by atoms with Gasteiger partial charge in [-0.2, -0.15) is 0 Å². The molecule has 2 rings (SSSR count). The summed E-state index contributed by atoms with van der Waals surface area (Å²) in [6.07, 6.45) is 6.48. The van der Waals surface area contributed by atoms with Gasteiger partial charge in [0, 0.05) is 12.2 Å². The molecule has 0 spiro atoms. The van der Waals surface area contributed by atoms with Crippen LogP contribution in [-0.4, -0.2) is 12.5 Å². The lowest BCUT2D eigenvalue weighted by atomic mass is 9.84. The molecule has 1 fully saturated rings. The molecule has 1 aromatic carbocycles. The Kier molecular flexibility index (Phi) is 4.46. The van der Waals surface area contributed by atoms with Crippen LogP contribution in [0.2, 0.25) is 0 Å². The number of guanidine groups is 1. The lowest BCUT2D eigenvalue weighted by Gasteiger charge is -2.25. The fourth-order valence-electron chi connectivity index (χ4n) is 2.83. The van der Waals surface area contributed by atoms with Crippen LogP contribution in [0, 0.1) is 12.3 Å². The molecule has 104 valence electrons. The summed E-state index contributed by atoms with van der Waals surface area (Å²) in [5.74, 6) is 0.531. The molecule has 0 aromatic heterocycles. The molecule has 3 N–H and O–H groups in total. The predicted molar refractivity (Wildman–Crippen MR) is 82.5 cm³/mol. The number of benzene rings is 1. The van der Waals surface area contributed by atoms with Crippen LogP contribution in [0.25, 0.3) is 0 Å². The molecule has 3 nitrogen and oxygen atoms in total. The van der Waals surface area contributed by atoms with Crippen molar-refractivity contribution in [3.05, 3.63) is 29.8 Å². The van der Waals surface area contributed by atoms with E-state index in [-0.39, 0.29) is 0 Å². The summed E-state index contributed by atoms with van der Waals surface area (Å²) in [5.41, 5.74) is 8.63. The van der Waals surface area contributed by atoms with Crippen LogP contribution < -0.4 is 11.1 Å². The van der Waals surface area contributed by atoms with Crippen LogP contribution in [0.15, 0.2) is 29.3 Å². The van der Waals surface area contributed by atoms with Gasteiger partial charge in [0.25, 0.3) is 0 Å². The van der Waals surface area contributed by atoms with Crippen LogP contribution in [0.1, 0.15) is 44.6 Å². The average Bonchev–Trinajstić information content (AvgIpc) is 2.89. The molecule has 0 bridgehead atoms. The number of nitrogens with zero attached hydrogens (tertiary/aromatic N) is 1. The molecule has 0 radical (unpaired) electrons. The Hall–Kier alpha value is -1.51. The van der Waals surface area contributed by atoms with E-state index in [4.69, 9.17) is 5.73 Å². The normalized spacial score (nSPS) is 18.5. The zero-order valence-corrected chi connectivity index (χ0v) is 12.1. The fourth-order valence-corrected chi connectivity index (χ4v) is 2.83. The number of rotatable bonds is 4. The lowest BCUT2D eigenvalue weighted by Crippen LogP contribution is -2.26. The third kappa shape index (κ3) is 3.72. The summed E-state index contributed by atoms with van der Waals surface area (Å²) in [7, 11) is 0. The van der Waals surface area contributed by atoms with E-state index >= 15 is 0 Å². The molecule has 0 atom stereocenters. The van der Waals surface area contributed by atoms with Crippen molar-refractivity contribution in [1.82, 2.24) is 0 Å². The largest absolute Gasteiger partial charge is 0.370 e. The monoisotopic (exact) mass is 259 g/mol. The maximum absolute atomic E-state index is 5.97. The number of hydrogen-bond donors (Lipinski definition) is 2. The summed E-state index contributed by atoms with van der Waals surface area (Å²) in [5, 5.41) is 3.16. The topological polar surface area (TPSA) is 50.4 Å². The van der Waals surface area contributed by atoms with Crippen molar-refractivity contribution >= 4 is 11.6 Å². The van der Waals surface area contributed by atoms with Crippen LogP contribution in [0.5, 0.6) is 0 Å². The van der Waals surface area contributed by atoms with Gasteiger partial charge in [-0.3, -0.25) is 4.99 Å². The first-order valence-corrected chi connectivity index (χ1v) is 7.27. The van der Waals surface area contributed by atoms with E-state index in [1.165, 1.54) is 37.7 Å². The van der Waals surface area contributed by atoms with Crippen molar-refractivity contribution in [3.8, 4) is 0 Å². The van der Waals surface area contributed by atoms with Gasteiger partial charge in [-0.15, -0.1) is 0 Å². The standard InChI is InChI=1S/C16H25N3/c1-3-16(10-4-5-11-16)12-18-15(17)19-14-8-6-13(2)7-9-14/h6-9H,3-5,10-12H2,1-2H3,(H3,17,18,19). The molecule has 0 amide bonds. The molecule has 0 aliphatic heterocycles. The summed E-state index contributed by atoms with van der Waals surface area (Å²) in [4.78, 5) is 4.55. The van der Waals surface area contributed by atoms with Crippen molar-refractivity contribution in [2.45, 2.75) is 46.0 Å². The van der Waals surface area contributed by atoms with Gasteiger partial charge in [-0.1, -0.05) is 37.5 Å². The SMILES string of the molecule is CCC1(CN=C(N)Nc2ccc(C)cc2)CCCC1. The minimum absolute atomic E-state index is 0.402. The Morgan fingerprint density at radius 1 is 1.26 bits per heavy atom. The van der Waals surface area contributed by atoms with Gasteiger partial charge in [0.1, 0.15) is 0 Å². The van der Waals surface area contributed by atoms with Crippen LogP contribution in [0.3, 0.4) is 0 Å². The maximum atomic E-state index is 5.97. The van der Waals surface area contributed by atoms with Gasteiger partial charge in [0.15, 0.2) is 5.96 Å². The highest BCUT2D eigenvalue weighted by atomic mass is 15.1. The van der Waals surface area contributed by atoms with Gasteiger partial charge in [0.2, 0.25) is 0 Å². The molecular weight excluding hydrogens is 234 g/mol. The van der Waals surface area contributed by atoms with Gasteiger partial charge in [0.05, 0.1) is 0 Å². The molecular formula is C16H25N3. The van der Waals surface area contributed by atoms with Crippen molar-refractivity contribution in [3.63, 3.8) is 0 Å². The second-order valence-electron chi connectivity index (χ2n) is 5.75. The first kappa shape index (κ1) is 13.9. The molecule has 1 aliphatic rings. The summed E-state index contributed by atoms with van der Waals surface area (Å²) in [6, 6.07) is 8.20. The minimum atomic E-state index is 0.402. The summed E-state index contributed by atoms with van der Waals surface area (Å²) in [6.45, 7) is 5.20. The van der Waals surface area contributed by atoms with Crippen molar-refractivity contribution < 1.29 is 0 Å². The maximum Gasteiger partial charge on any atom is 0.193 e. The fraction of sp³-hybridized carbons (Fsp3) is 0.562. The van der Waals surface area contributed by atoms with Crippen molar-refractivity contribution in [2.75, 3.05) is 11.9 Å². The quantitative estimate of drug-likeness (QED) is 0.640. The molecule has 0 unspecified atom stereocenters. The van der Waals surface area contributed by atoms with Crippen molar-refractivity contribution in [1.29, 1.82) is 0 Å². The molecule has 1 aromatic rings. The van der Waals surface area contributed by atoms with E-state index in [0.29, 0.717) is 11.4 Å². The van der Waals surface area contributed by atoms with E-state index in [1.807, 2.05) is 12.1 Å². The van der Waals surface area contributed by atoms with E-state index in [9.17, 15) is 0 Å². The van der Waals surface area contributed by atoms with E-state index in [0.717, 1.165) is 12.2 Å². The van der Waals surface area contributed by atoms with Crippen molar-refractivity contribution in [2.24, 2.45) is 16.1 Å². The lowest BCUT2D eigenvalue weighted by molar-refractivity contribution is 0.297. The number of hydrogen-bond acceptors (Lipinski definition) is 1. The molecule has 1 saturated carbocycles. The predicted octanol–water partition coefficient (Wildman–Crippen LogP) is 3.69. The summed E-state index contributed by atoms with van der Waals surface area (Å²) < 4.78 is 0. The van der Waals surface area contributed by atoms with E-state index < -0.39 is 0 Å². The molecule has 1 aliphatic carbocycles. The Bertz CT molecular complexity index is 428. The Labute approximate surface area is 116 Å². The van der Waals surface area contributed by atoms with Gasteiger partial charge < -0.3 is 11.1 Å². The number of aryl methyl sites for hydroxylation is 1. The third-order valence-electron chi connectivity index (χ3n) is 4.32. The van der Waals surface area contributed by atoms with Gasteiger partial charge in [-0.05, 0) is 43.7 Å². The smallest absolute Gasteiger partial charge is 0.193 e. The average molecular weight is 259 g/mol. The minimum Gasteiger partial charge on any atom is -0.370 e. The number of nitrogens with two attached hydrogens (primary N) is 1. The zero-order chi connectivity index (χ0) is 13.7. The van der Waals surface area contributed by atoms with Crippen LogP contribution in [0.4, 0.5) is 5.69 Å². The second kappa shape index (κ2) is 6.09. The number of nitrogens with one attached hydrogen (secondary N) is 1. The summed E-state index contributed by atoms with van der Waals surface area (Å²) >= 11 is 0. The third-order valence-corrected chi connectivity index (χ3v) is 4.32. The Morgan fingerprint density at radius 2 is 1.89 bits per heavy atom. The van der Waals surface area contributed by atoms with Crippen LogP contribution in [-0.2, 0) is 0 Å². The first-order chi connectivity index (χ1) is 9.13. The highest BCUT2D eigenvalue weighted by Gasteiger charge is 2.31. The van der Waals surface area contributed by atoms with E-state index in [1.54, 1.807) is 0 Å². The highest BCUT2D eigenvalue weighted by Crippen LogP contribution is 2.41. The zero-order valence-electron chi connectivity index (χ0n) is 12.1. The Morgan fingerprint density at radius 3 is 2.47 bits per heavy atom. The van der Waals surface area contributed by atoms with Gasteiger partial charge in [-0.25, -0.2) is 0 Å². The molecule has 19 heavy (non-hydrogen) atoms.